The molecule has 132 valence electrons. The number of nitrogens with zero attached hydrogens (tertiary/aromatic N) is 4. The van der Waals surface area contributed by atoms with E-state index in [0.29, 0.717) is 18.0 Å². The van der Waals surface area contributed by atoms with Gasteiger partial charge in [-0.1, -0.05) is 6.07 Å². The summed E-state index contributed by atoms with van der Waals surface area (Å²) in [4.78, 5) is 25.6. The van der Waals surface area contributed by atoms with Gasteiger partial charge >= 0.3 is 5.97 Å². The van der Waals surface area contributed by atoms with Crippen LogP contribution in [0.1, 0.15) is 35.9 Å². The first kappa shape index (κ1) is 17.4. The summed E-state index contributed by atoms with van der Waals surface area (Å²) in [6.07, 6.45) is 3.56. The minimum Gasteiger partial charge on any atom is -0.462 e. The number of piperazine rings is 1. The van der Waals surface area contributed by atoms with Crippen LogP contribution < -0.4 is 4.90 Å². The van der Waals surface area contributed by atoms with Crippen molar-refractivity contribution in [2.75, 3.05) is 37.7 Å². The lowest BCUT2D eigenvalue weighted by Gasteiger charge is -2.38. The summed E-state index contributed by atoms with van der Waals surface area (Å²) >= 11 is 0. The number of carbonyl (C=O) groups excluding carboxylic acids is 1. The molecule has 0 aromatic carbocycles. The normalized spacial score (nSPS) is 16.5. The fourth-order valence-electron chi connectivity index (χ4n) is 3.15. The lowest BCUT2D eigenvalue weighted by molar-refractivity contribution is 0.0526. The van der Waals surface area contributed by atoms with Gasteiger partial charge in [0.1, 0.15) is 11.4 Å². The van der Waals surface area contributed by atoms with Gasteiger partial charge in [0.05, 0.1) is 12.3 Å². The van der Waals surface area contributed by atoms with Crippen LogP contribution in [0, 0.1) is 0 Å². The van der Waals surface area contributed by atoms with E-state index in [4.69, 9.17) is 4.74 Å². The third-order valence-electron chi connectivity index (χ3n) is 4.56. The molecule has 2 aromatic heterocycles. The molecule has 0 saturated carbocycles. The van der Waals surface area contributed by atoms with E-state index in [1.165, 1.54) is 0 Å². The van der Waals surface area contributed by atoms with Crippen molar-refractivity contribution in [1.82, 2.24) is 14.9 Å². The van der Waals surface area contributed by atoms with E-state index in [2.05, 4.69) is 32.8 Å². The minimum absolute atomic E-state index is 0.275. The molecule has 6 heteroatoms. The number of carbonyl (C=O) groups is 1. The van der Waals surface area contributed by atoms with Gasteiger partial charge in [-0.3, -0.25) is 9.88 Å². The van der Waals surface area contributed by atoms with Crippen LogP contribution >= 0.6 is 0 Å². The van der Waals surface area contributed by atoms with Gasteiger partial charge in [0.2, 0.25) is 0 Å². The zero-order valence-electron chi connectivity index (χ0n) is 14.8. The van der Waals surface area contributed by atoms with Gasteiger partial charge in [-0.25, -0.2) is 9.78 Å². The van der Waals surface area contributed by atoms with Crippen LogP contribution in [0.25, 0.3) is 0 Å². The molecule has 0 N–H and O–H groups in total. The second-order valence-electron chi connectivity index (χ2n) is 6.05. The van der Waals surface area contributed by atoms with Gasteiger partial charge in [-0.15, -0.1) is 0 Å². The predicted molar refractivity (Wildman–Crippen MR) is 96.6 cm³/mol. The largest absolute Gasteiger partial charge is 0.462 e. The maximum absolute atomic E-state index is 12.2. The highest BCUT2D eigenvalue weighted by Gasteiger charge is 2.26. The topological polar surface area (TPSA) is 58.6 Å². The number of hydrogen-bond donors (Lipinski definition) is 0. The molecular weight excluding hydrogens is 316 g/mol. The lowest BCUT2D eigenvalue weighted by atomic mass is 10.1. The quantitative estimate of drug-likeness (QED) is 0.780. The molecule has 1 atom stereocenters. The van der Waals surface area contributed by atoms with Crippen molar-refractivity contribution in [2.45, 2.75) is 19.9 Å². The van der Waals surface area contributed by atoms with Gasteiger partial charge in [-0.05, 0) is 38.1 Å². The number of esters is 1. The zero-order chi connectivity index (χ0) is 17.6. The molecule has 0 bridgehead atoms. The molecule has 6 nitrogen and oxygen atoms in total. The minimum atomic E-state index is -0.310. The molecule has 3 heterocycles. The molecule has 0 amide bonds. The van der Waals surface area contributed by atoms with Crippen molar-refractivity contribution in [3.8, 4) is 0 Å². The van der Waals surface area contributed by atoms with Crippen LogP contribution in [0.5, 0.6) is 0 Å². The lowest BCUT2D eigenvalue weighted by Crippen LogP contribution is -2.48. The number of hydrogen-bond acceptors (Lipinski definition) is 6. The Morgan fingerprint density at radius 1 is 1.12 bits per heavy atom. The smallest absolute Gasteiger partial charge is 0.341 e. The first-order chi connectivity index (χ1) is 12.2. The molecule has 25 heavy (non-hydrogen) atoms. The van der Waals surface area contributed by atoms with E-state index in [1.54, 1.807) is 18.3 Å². The Labute approximate surface area is 148 Å². The first-order valence-electron chi connectivity index (χ1n) is 8.72. The SMILES string of the molecule is CCOC(=O)c1cccnc1N1CCN(C(C)c2ccccn2)CC1. The molecule has 1 saturated heterocycles. The van der Waals surface area contributed by atoms with Crippen LogP contribution in [0.2, 0.25) is 0 Å². The maximum Gasteiger partial charge on any atom is 0.341 e. The zero-order valence-corrected chi connectivity index (χ0v) is 14.8. The van der Waals surface area contributed by atoms with Gasteiger partial charge in [0.25, 0.3) is 0 Å². The van der Waals surface area contributed by atoms with E-state index in [9.17, 15) is 4.79 Å². The fraction of sp³-hybridized carbons (Fsp3) is 0.421. The van der Waals surface area contributed by atoms with Crippen molar-refractivity contribution in [1.29, 1.82) is 0 Å². The van der Waals surface area contributed by atoms with E-state index in [0.717, 1.165) is 31.9 Å². The monoisotopic (exact) mass is 340 g/mol. The molecular formula is C19H24N4O2. The van der Waals surface area contributed by atoms with Crippen molar-refractivity contribution < 1.29 is 9.53 Å². The van der Waals surface area contributed by atoms with E-state index < -0.39 is 0 Å². The van der Waals surface area contributed by atoms with Crippen LogP contribution in [0.3, 0.4) is 0 Å². The number of aromatic nitrogens is 2. The Hall–Kier alpha value is -2.47. The maximum atomic E-state index is 12.2. The highest BCUT2D eigenvalue weighted by atomic mass is 16.5. The predicted octanol–water partition coefficient (Wildman–Crippen LogP) is 2.54. The van der Waals surface area contributed by atoms with Gasteiger partial charge < -0.3 is 9.64 Å². The Balaban J connectivity index is 1.68. The Morgan fingerprint density at radius 3 is 2.56 bits per heavy atom. The van der Waals surface area contributed by atoms with Crippen molar-refractivity contribution in [2.24, 2.45) is 0 Å². The summed E-state index contributed by atoms with van der Waals surface area (Å²) in [7, 11) is 0. The van der Waals surface area contributed by atoms with Gasteiger partial charge in [0, 0.05) is 44.6 Å². The highest BCUT2D eigenvalue weighted by molar-refractivity contribution is 5.94. The number of rotatable bonds is 5. The molecule has 1 unspecified atom stereocenters. The molecule has 1 fully saturated rings. The summed E-state index contributed by atoms with van der Waals surface area (Å²) in [6.45, 7) is 7.80. The van der Waals surface area contributed by atoms with Crippen molar-refractivity contribution >= 4 is 11.8 Å². The first-order valence-corrected chi connectivity index (χ1v) is 8.72. The standard InChI is InChI=1S/C19H24N4O2/c1-3-25-19(24)16-7-6-10-21-18(16)23-13-11-22(12-14-23)15(2)17-8-4-5-9-20-17/h4-10,15H,3,11-14H2,1-2H3. The molecule has 1 aliphatic rings. The van der Waals surface area contributed by atoms with Crippen molar-refractivity contribution in [3.05, 3.63) is 54.0 Å². The van der Waals surface area contributed by atoms with Crippen molar-refractivity contribution in [3.63, 3.8) is 0 Å². The number of ether oxygens (including phenoxy) is 1. The van der Waals surface area contributed by atoms with E-state index in [-0.39, 0.29) is 12.0 Å². The molecule has 0 radical (unpaired) electrons. The number of pyridine rings is 2. The summed E-state index contributed by atoms with van der Waals surface area (Å²) in [6, 6.07) is 9.85. The fourth-order valence-corrected chi connectivity index (χ4v) is 3.15. The molecule has 2 aromatic rings. The Bertz CT molecular complexity index is 700. The second kappa shape index (κ2) is 8.07. The van der Waals surface area contributed by atoms with Crippen LogP contribution in [0.4, 0.5) is 5.82 Å². The summed E-state index contributed by atoms with van der Waals surface area (Å²) in [5.41, 5.74) is 1.62. The van der Waals surface area contributed by atoms with Gasteiger partial charge in [0.15, 0.2) is 0 Å². The van der Waals surface area contributed by atoms with Crippen LogP contribution in [-0.4, -0.2) is 53.6 Å². The van der Waals surface area contributed by atoms with Crippen LogP contribution in [0.15, 0.2) is 42.7 Å². The van der Waals surface area contributed by atoms with Gasteiger partial charge in [-0.2, -0.15) is 0 Å². The summed E-state index contributed by atoms with van der Waals surface area (Å²) in [5.74, 6) is 0.404. The van der Waals surface area contributed by atoms with E-state index in [1.807, 2.05) is 25.3 Å². The third-order valence-corrected chi connectivity index (χ3v) is 4.56. The highest BCUT2D eigenvalue weighted by Crippen LogP contribution is 2.24. The number of anilines is 1. The molecule has 3 rings (SSSR count). The Morgan fingerprint density at radius 2 is 1.88 bits per heavy atom. The molecule has 0 spiro atoms. The third kappa shape index (κ3) is 3.96. The summed E-state index contributed by atoms with van der Waals surface area (Å²) < 4.78 is 5.15. The van der Waals surface area contributed by atoms with E-state index >= 15 is 0 Å². The summed E-state index contributed by atoms with van der Waals surface area (Å²) in [5, 5.41) is 0. The average Bonchev–Trinajstić information content (AvgIpc) is 2.68. The molecule has 1 aliphatic heterocycles. The second-order valence-corrected chi connectivity index (χ2v) is 6.05. The van der Waals surface area contributed by atoms with Crippen LogP contribution in [-0.2, 0) is 4.74 Å². The average molecular weight is 340 g/mol. The molecule has 0 aliphatic carbocycles. The Kier molecular flexibility index (Phi) is 5.60.